The number of imide groups is 1. The number of carbonyl (C=O) groups is 6. The predicted octanol–water partition coefficient (Wildman–Crippen LogP) is 3.40. The lowest BCUT2D eigenvalue weighted by molar-refractivity contribution is -0.171. The van der Waals surface area contributed by atoms with Gasteiger partial charge in [-0.2, -0.15) is 0 Å². The third-order valence-corrected chi connectivity index (χ3v) is 8.58. The van der Waals surface area contributed by atoms with Crippen molar-refractivity contribution in [2.24, 2.45) is 17.3 Å². The summed E-state index contributed by atoms with van der Waals surface area (Å²) in [5.74, 6) is -4.53. The summed E-state index contributed by atoms with van der Waals surface area (Å²) in [6.07, 6.45) is 4.29. The quantitative estimate of drug-likeness (QED) is 0.0642. The molecule has 14 heteroatoms. The molecule has 2 saturated heterocycles. The van der Waals surface area contributed by atoms with Crippen LogP contribution in [0, 0.1) is 17.3 Å². The zero-order valence-corrected chi connectivity index (χ0v) is 29.3. The van der Waals surface area contributed by atoms with Gasteiger partial charge in [-0.15, -0.1) is 0 Å². The molecule has 2 fully saturated rings. The van der Waals surface area contributed by atoms with Crippen LogP contribution in [0.25, 0.3) is 0 Å². The van der Waals surface area contributed by atoms with Gasteiger partial charge in [-0.3, -0.25) is 33.7 Å². The van der Waals surface area contributed by atoms with E-state index in [1.807, 2.05) is 19.1 Å². The van der Waals surface area contributed by atoms with Gasteiger partial charge >= 0.3 is 23.9 Å². The third-order valence-electron chi connectivity index (χ3n) is 7.93. The molecule has 246 valence electrons. The van der Waals surface area contributed by atoms with E-state index in [9.17, 15) is 28.8 Å². The lowest BCUT2D eigenvalue weighted by Gasteiger charge is -2.35. The van der Waals surface area contributed by atoms with Crippen molar-refractivity contribution in [1.82, 2.24) is 4.90 Å². The molecule has 44 heavy (non-hydrogen) atoms. The maximum Gasteiger partial charge on any atom is 0.322 e. The SMILES string of the molecule is CC(C)(Br)C(=O)OCC(C)(COC(=O)C(C)(C)Br)C(=O)OCCCOC(=O)CCN1C(=O)[C@@H]2[C@H](C1=O)C1(C)C=CCC2(C)O1. The highest BCUT2D eigenvalue weighted by Crippen LogP contribution is 2.56. The molecule has 3 heterocycles. The highest BCUT2D eigenvalue weighted by Gasteiger charge is 2.69. The van der Waals surface area contributed by atoms with Gasteiger partial charge in [-0.05, 0) is 54.9 Å². The zero-order valence-electron chi connectivity index (χ0n) is 26.2. The molecule has 3 rings (SSSR count). The Labute approximate surface area is 274 Å². The smallest absolute Gasteiger partial charge is 0.322 e. The number of rotatable bonds is 14. The number of hydrogen-bond donors (Lipinski definition) is 0. The molecule has 12 nitrogen and oxygen atoms in total. The fourth-order valence-corrected chi connectivity index (χ4v) is 5.64. The maximum absolute atomic E-state index is 13.1. The van der Waals surface area contributed by atoms with Crippen molar-refractivity contribution in [2.45, 2.75) is 87.6 Å². The van der Waals surface area contributed by atoms with Crippen molar-refractivity contribution in [3.63, 3.8) is 0 Å². The van der Waals surface area contributed by atoms with E-state index in [4.69, 9.17) is 23.7 Å². The number of alkyl halides is 2. The molecule has 0 aromatic carbocycles. The van der Waals surface area contributed by atoms with Crippen molar-refractivity contribution in [3.05, 3.63) is 12.2 Å². The van der Waals surface area contributed by atoms with Crippen LogP contribution in [-0.4, -0.2) is 93.4 Å². The molecule has 4 atom stereocenters. The maximum atomic E-state index is 13.1. The lowest BCUT2D eigenvalue weighted by Crippen LogP contribution is -2.45. The molecule has 2 amide bonds. The van der Waals surface area contributed by atoms with Gasteiger partial charge in [0.1, 0.15) is 27.3 Å². The van der Waals surface area contributed by atoms with Crippen LogP contribution in [0.5, 0.6) is 0 Å². The number of nitrogens with zero attached hydrogens (tertiary/aromatic N) is 1. The van der Waals surface area contributed by atoms with Gasteiger partial charge in [0.2, 0.25) is 11.8 Å². The number of amides is 2. The van der Waals surface area contributed by atoms with Crippen molar-refractivity contribution in [1.29, 1.82) is 0 Å². The summed E-state index contributed by atoms with van der Waals surface area (Å²) < 4.78 is 25.3. The molecule has 0 saturated carbocycles. The molecule has 3 aliphatic heterocycles. The fraction of sp³-hybridized carbons (Fsp3) is 0.733. The normalized spacial score (nSPS) is 26.3. The van der Waals surface area contributed by atoms with E-state index in [-0.39, 0.29) is 44.4 Å². The minimum absolute atomic E-state index is 0.0791. The predicted molar refractivity (Wildman–Crippen MR) is 163 cm³/mol. The summed E-state index contributed by atoms with van der Waals surface area (Å²) in [7, 11) is 0. The van der Waals surface area contributed by atoms with Crippen LogP contribution in [0.15, 0.2) is 12.2 Å². The van der Waals surface area contributed by atoms with Crippen LogP contribution in [0.3, 0.4) is 0 Å². The number of hydrogen-bond acceptors (Lipinski definition) is 11. The molecule has 0 aliphatic carbocycles. The van der Waals surface area contributed by atoms with Crippen molar-refractivity contribution < 1.29 is 52.5 Å². The number of halogens is 2. The van der Waals surface area contributed by atoms with Gasteiger partial charge < -0.3 is 23.7 Å². The summed E-state index contributed by atoms with van der Waals surface area (Å²) >= 11 is 6.40. The Kier molecular flexibility index (Phi) is 10.8. The second kappa shape index (κ2) is 13.2. The number of carbonyl (C=O) groups excluding carboxylic acids is 6. The van der Waals surface area contributed by atoms with Gasteiger partial charge in [-0.1, -0.05) is 44.0 Å². The van der Waals surface area contributed by atoms with E-state index in [0.717, 1.165) is 4.90 Å². The standard InChI is InChI=1S/C30H41Br2NO11/c1-26(2,31)23(37)42-16-28(5,17-43-24(38)27(3,4)32)25(39)41-15-9-14-40-18(34)10-13-33-21(35)19-20(22(33)36)30(7)12-8-11-29(19,6)44-30/h8,11,19-20H,9-10,12-17H2,1-7H3/t19-,20+,29?,30?/m1/s1. The lowest BCUT2D eigenvalue weighted by atomic mass is 9.79. The number of ether oxygens (including phenoxy) is 5. The molecular weight excluding hydrogens is 710 g/mol. The van der Waals surface area contributed by atoms with Crippen molar-refractivity contribution >= 4 is 67.6 Å². The second-order valence-corrected chi connectivity index (χ2v) is 17.1. The monoisotopic (exact) mass is 749 g/mol. The van der Waals surface area contributed by atoms with Crippen LogP contribution in [-0.2, 0) is 52.5 Å². The fourth-order valence-electron chi connectivity index (χ4n) is 5.41. The molecule has 3 aliphatic rings. The largest absolute Gasteiger partial charge is 0.465 e. The van der Waals surface area contributed by atoms with Crippen LogP contribution in [0.2, 0.25) is 0 Å². The van der Waals surface area contributed by atoms with Crippen LogP contribution >= 0.6 is 31.9 Å². The van der Waals surface area contributed by atoms with Gasteiger partial charge in [-0.25, -0.2) is 0 Å². The first-order chi connectivity index (χ1) is 20.1. The number of likely N-dealkylation sites (tertiary alicyclic amines) is 1. The van der Waals surface area contributed by atoms with Crippen LogP contribution in [0.1, 0.15) is 67.7 Å². The summed E-state index contributed by atoms with van der Waals surface area (Å²) in [5, 5.41) is 0. The molecule has 0 aromatic rings. The van der Waals surface area contributed by atoms with E-state index in [1.54, 1.807) is 34.6 Å². The minimum Gasteiger partial charge on any atom is -0.465 e. The topological polar surface area (TPSA) is 152 Å². The average Bonchev–Trinajstić information content (AvgIpc) is 3.26. The molecule has 0 N–H and O–H groups in total. The average molecular weight is 751 g/mol. The van der Waals surface area contributed by atoms with Gasteiger partial charge in [0.15, 0.2) is 0 Å². The minimum atomic E-state index is -1.50. The van der Waals surface area contributed by atoms with Gasteiger partial charge in [0.05, 0.1) is 42.7 Å². The second-order valence-electron chi connectivity index (χ2n) is 13.1. The summed E-state index contributed by atoms with van der Waals surface area (Å²) in [4.78, 5) is 77.3. The Hall–Kier alpha value is -2.32. The molecule has 0 radical (unpaired) electrons. The summed E-state index contributed by atoms with van der Waals surface area (Å²) in [5.41, 5.74) is -3.12. The Balaban J connectivity index is 1.45. The number of fused-ring (bicyclic) bond motifs is 5. The van der Waals surface area contributed by atoms with Crippen LogP contribution in [0.4, 0.5) is 0 Å². The third kappa shape index (κ3) is 7.90. The van der Waals surface area contributed by atoms with Crippen molar-refractivity contribution in [3.8, 4) is 0 Å². The Morgan fingerprint density at radius 2 is 1.39 bits per heavy atom. The Morgan fingerprint density at radius 3 is 1.93 bits per heavy atom. The molecule has 2 unspecified atom stereocenters. The van der Waals surface area contributed by atoms with Crippen LogP contribution < -0.4 is 0 Å². The molecule has 0 spiro atoms. The molecular formula is C30H41Br2NO11. The van der Waals surface area contributed by atoms with Crippen molar-refractivity contribution in [2.75, 3.05) is 33.0 Å². The first-order valence-corrected chi connectivity index (χ1v) is 16.0. The Morgan fingerprint density at radius 1 is 0.864 bits per heavy atom. The van der Waals surface area contributed by atoms with E-state index >= 15 is 0 Å². The van der Waals surface area contributed by atoms with E-state index in [2.05, 4.69) is 31.9 Å². The highest BCUT2D eigenvalue weighted by molar-refractivity contribution is 9.10. The summed E-state index contributed by atoms with van der Waals surface area (Å²) in [6, 6.07) is 0. The van der Waals surface area contributed by atoms with E-state index < -0.39 is 74.2 Å². The van der Waals surface area contributed by atoms with E-state index in [0.29, 0.717) is 6.42 Å². The molecule has 0 aromatic heterocycles. The van der Waals surface area contributed by atoms with Gasteiger partial charge in [0, 0.05) is 13.0 Å². The summed E-state index contributed by atoms with van der Waals surface area (Å²) in [6.45, 7) is 10.3. The number of esters is 4. The van der Waals surface area contributed by atoms with E-state index in [1.165, 1.54) is 6.92 Å². The first-order valence-electron chi connectivity index (χ1n) is 14.4. The zero-order chi connectivity index (χ0) is 33.3. The first kappa shape index (κ1) is 36.2. The molecule has 2 bridgehead atoms. The Bertz CT molecular complexity index is 1190. The van der Waals surface area contributed by atoms with Gasteiger partial charge in [0.25, 0.3) is 0 Å². The highest BCUT2D eigenvalue weighted by atomic mass is 79.9.